The van der Waals surface area contributed by atoms with Gasteiger partial charge in [0.1, 0.15) is 6.04 Å². The van der Waals surface area contributed by atoms with E-state index in [1.807, 2.05) is 0 Å². The Morgan fingerprint density at radius 2 is 2.27 bits per heavy atom. The molecule has 0 aliphatic carbocycles. The number of carbonyl (C=O) groups is 2. The van der Waals surface area contributed by atoms with E-state index in [2.05, 4.69) is 11.9 Å². The first kappa shape index (κ1) is 9.68. The van der Waals surface area contributed by atoms with Crippen molar-refractivity contribution in [2.45, 2.75) is 13.0 Å². The minimum absolute atomic E-state index is 0.188. The zero-order chi connectivity index (χ0) is 8.85. The third kappa shape index (κ3) is 2.84. The van der Waals surface area contributed by atoms with Gasteiger partial charge in [0.05, 0.1) is 0 Å². The maximum absolute atomic E-state index is 11.1. The molecule has 0 aromatic rings. The fraction of sp³-hybridized carbons (Fsp3) is 0.429. The molecule has 0 radical (unpaired) electrons. The molecule has 0 aromatic heterocycles. The minimum atomic E-state index is -0.490. The highest BCUT2D eigenvalue weighted by atomic mass is 16.2. The Bertz CT molecular complexity index is 168. The highest BCUT2D eigenvalue weighted by Crippen LogP contribution is 1.89. The first-order valence-electron chi connectivity index (χ1n) is 3.22. The number of hydrogen-bond acceptors (Lipinski definition) is 2. The lowest BCUT2D eigenvalue weighted by Crippen LogP contribution is -2.40. The van der Waals surface area contributed by atoms with Crippen LogP contribution in [-0.2, 0) is 9.59 Å². The van der Waals surface area contributed by atoms with Crippen molar-refractivity contribution in [3.63, 3.8) is 0 Å². The number of hydrogen-bond donors (Lipinski definition) is 1. The van der Waals surface area contributed by atoms with Crippen molar-refractivity contribution in [1.82, 2.24) is 10.2 Å². The first-order chi connectivity index (χ1) is 5.13. The molecular weight excluding hydrogens is 144 g/mol. The standard InChI is InChI=1S/C7H12N2O2/c1-4-9(3)7(11)6(2)8-5-10/h4-6H,1H2,2-3H3,(H,8,10). The summed E-state index contributed by atoms with van der Waals surface area (Å²) in [6.07, 6.45) is 1.89. The van der Waals surface area contributed by atoms with Crippen LogP contribution in [0.2, 0.25) is 0 Å². The molecule has 4 nitrogen and oxygen atoms in total. The van der Waals surface area contributed by atoms with Gasteiger partial charge in [-0.15, -0.1) is 0 Å². The van der Waals surface area contributed by atoms with Gasteiger partial charge in [0.15, 0.2) is 0 Å². The van der Waals surface area contributed by atoms with Crippen molar-refractivity contribution in [3.8, 4) is 0 Å². The Hall–Kier alpha value is -1.32. The molecule has 2 amide bonds. The predicted octanol–water partition coefficient (Wildman–Crippen LogP) is -0.277. The normalized spacial score (nSPS) is 11.5. The number of carbonyl (C=O) groups excluding carboxylic acids is 2. The highest BCUT2D eigenvalue weighted by Gasteiger charge is 2.13. The van der Waals surface area contributed by atoms with E-state index >= 15 is 0 Å². The summed E-state index contributed by atoms with van der Waals surface area (Å²) in [5.41, 5.74) is 0. The molecule has 11 heavy (non-hydrogen) atoms. The average molecular weight is 156 g/mol. The second-order valence-corrected chi connectivity index (χ2v) is 2.14. The second-order valence-electron chi connectivity index (χ2n) is 2.14. The molecule has 62 valence electrons. The largest absolute Gasteiger partial charge is 0.347 e. The van der Waals surface area contributed by atoms with Gasteiger partial charge in [-0.3, -0.25) is 9.59 Å². The van der Waals surface area contributed by atoms with E-state index in [9.17, 15) is 9.59 Å². The number of nitrogens with zero attached hydrogens (tertiary/aromatic N) is 1. The van der Waals surface area contributed by atoms with Crippen molar-refractivity contribution < 1.29 is 9.59 Å². The van der Waals surface area contributed by atoms with E-state index in [0.717, 1.165) is 0 Å². The minimum Gasteiger partial charge on any atom is -0.347 e. The predicted molar refractivity (Wildman–Crippen MR) is 41.6 cm³/mol. The summed E-state index contributed by atoms with van der Waals surface area (Å²) < 4.78 is 0. The molecule has 1 atom stereocenters. The van der Waals surface area contributed by atoms with Crippen LogP contribution in [0.4, 0.5) is 0 Å². The lowest BCUT2D eigenvalue weighted by molar-refractivity contribution is -0.130. The monoisotopic (exact) mass is 156 g/mol. The van der Waals surface area contributed by atoms with Gasteiger partial charge in [-0.25, -0.2) is 0 Å². The van der Waals surface area contributed by atoms with Gasteiger partial charge in [0, 0.05) is 7.05 Å². The molecule has 0 saturated carbocycles. The smallest absolute Gasteiger partial charge is 0.248 e. The van der Waals surface area contributed by atoms with Gasteiger partial charge in [0.2, 0.25) is 12.3 Å². The molecule has 0 fully saturated rings. The third-order valence-electron chi connectivity index (χ3n) is 1.31. The summed E-state index contributed by atoms with van der Waals surface area (Å²) >= 11 is 0. The maximum atomic E-state index is 11.1. The molecule has 1 N–H and O–H groups in total. The molecule has 0 saturated heterocycles. The second kappa shape index (κ2) is 4.49. The molecule has 0 rings (SSSR count). The van der Waals surface area contributed by atoms with Crippen LogP contribution in [0, 0.1) is 0 Å². The number of amides is 2. The van der Waals surface area contributed by atoms with E-state index in [1.54, 1.807) is 14.0 Å². The summed E-state index contributed by atoms with van der Waals surface area (Å²) in [7, 11) is 1.58. The Morgan fingerprint density at radius 1 is 1.73 bits per heavy atom. The Morgan fingerprint density at radius 3 is 2.64 bits per heavy atom. The van der Waals surface area contributed by atoms with Gasteiger partial charge in [0.25, 0.3) is 0 Å². The van der Waals surface area contributed by atoms with Crippen LogP contribution >= 0.6 is 0 Å². The molecule has 0 aliphatic rings. The van der Waals surface area contributed by atoms with Crippen LogP contribution in [-0.4, -0.2) is 30.3 Å². The number of rotatable bonds is 4. The van der Waals surface area contributed by atoms with Crippen LogP contribution in [0.15, 0.2) is 12.8 Å². The van der Waals surface area contributed by atoms with Crippen LogP contribution in [0.5, 0.6) is 0 Å². The van der Waals surface area contributed by atoms with Gasteiger partial charge < -0.3 is 10.2 Å². The molecule has 1 unspecified atom stereocenters. The van der Waals surface area contributed by atoms with Crippen LogP contribution in [0.25, 0.3) is 0 Å². The summed E-state index contributed by atoms with van der Waals surface area (Å²) in [4.78, 5) is 22.3. The number of likely N-dealkylation sites (N-methyl/N-ethyl adjacent to an activating group) is 1. The maximum Gasteiger partial charge on any atom is 0.248 e. The highest BCUT2D eigenvalue weighted by molar-refractivity contribution is 5.83. The summed E-state index contributed by atoms with van der Waals surface area (Å²) in [6.45, 7) is 5.02. The van der Waals surface area contributed by atoms with Crippen molar-refractivity contribution in [2.24, 2.45) is 0 Å². The van der Waals surface area contributed by atoms with Crippen LogP contribution in [0.1, 0.15) is 6.92 Å². The third-order valence-corrected chi connectivity index (χ3v) is 1.31. The van der Waals surface area contributed by atoms with Gasteiger partial charge in [-0.2, -0.15) is 0 Å². The topological polar surface area (TPSA) is 49.4 Å². The molecule has 0 aliphatic heterocycles. The van der Waals surface area contributed by atoms with Crippen LogP contribution < -0.4 is 5.32 Å². The van der Waals surface area contributed by atoms with Gasteiger partial charge in [-0.1, -0.05) is 6.58 Å². The molecule has 4 heteroatoms. The van der Waals surface area contributed by atoms with E-state index in [-0.39, 0.29) is 5.91 Å². The molecule has 0 heterocycles. The van der Waals surface area contributed by atoms with Crippen molar-refractivity contribution in [2.75, 3.05) is 7.05 Å². The average Bonchev–Trinajstić information content (AvgIpc) is 2.02. The Kier molecular flexibility index (Phi) is 3.95. The lowest BCUT2D eigenvalue weighted by Gasteiger charge is -2.15. The molecule has 0 aromatic carbocycles. The Labute approximate surface area is 65.9 Å². The fourth-order valence-corrected chi connectivity index (χ4v) is 0.569. The summed E-state index contributed by atoms with van der Waals surface area (Å²) in [5.74, 6) is -0.188. The lowest BCUT2D eigenvalue weighted by atomic mass is 10.3. The van der Waals surface area contributed by atoms with Crippen molar-refractivity contribution >= 4 is 12.3 Å². The van der Waals surface area contributed by atoms with Gasteiger partial charge in [-0.05, 0) is 13.1 Å². The SMILES string of the molecule is C=CN(C)C(=O)C(C)NC=O. The summed E-state index contributed by atoms with van der Waals surface area (Å²) in [5, 5.41) is 2.34. The van der Waals surface area contributed by atoms with Crippen molar-refractivity contribution in [3.05, 3.63) is 12.8 Å². The summed E-state index contributed by atoms with van der Waals surface area (Å²) in [6, 6.07) is -0.490. The molecule has 0 spiro atoms. The van der Waals surface area contributed by atoms with E-state index in [1.165, 1.54) is 11.1 Å². The molecular formula is C7H12N2O2. The van der Waals surface area contributed by atoms with E-state index < -0.39 is 6.04 Å². The molecule has 0 bridgehead atoms. The van der Waals surface area contributed by atoms with Gasteiger partial charge >= 0.3 is 0 Å². The first-order valence-corrected chi connectivity index (χ1v) is 3.22. The Balaban J connectivity index is 4.00. The van der Waals surface area contributed by atoms with Crippen molar-refractivity contribution in [1.29, 1.82) is 0 Å². The fourth-order valence-electron chi connectivity index (χ4n) is 0.569. The quantitative estimate of drug-likeness (QED) is 0.569. The zero-order valence-electron chi connectivity index (χ0n) is 6.70. The zero-order valence-corrected chi connectivity index (χ0v) is 6.70. The van der Waals surface area contributed by atoms with E-state index in [0.29, 0.717) is 6.41 Å². The van der Waals surface area contributed by atoms with Crippen LogP contribution in [0.3, 0.4) is 0 Å². The van der Waals surface area contributed by atoms with E-state index in [4.69, 9.17) is 0 Å². The number of nitrogens with one attached hydrogen (secondary N) is 1.